The van der Waals surface area contributed by atoms with Crippen LogP contribution in [0.5, 0.6) is 0 Å². The molecule has 1 aliphatic rings. The van der Waals surface area contributed by atoms with Crippen molar-refractivity contribution >= 4 is 46.5 Å². The first-order chi connectivity index (χ1) is 15.3. The van der Waals surface area contributed by atoms with E-state index in [1.54, 1.807) is 24.3 Å². The van der Waals surface area contributed by atoms with Crippen molar-refractivity contribution in [3.05, 3.63) is 51.8 Å². The minimum Gasteiger partial charge on any atom is -0.358 e. The molecule has 2 aromatic rings. The summed E-state index contributed by atoms with van der Waals surface area (Å²) in [6, 6.07) is 5.03. The van der Waals surface area contributed by atoms with Crippen LogP contribution in [-0.2, 0) is 4.79 Å². The van der Waals surface area contributed by atoms with Crippen molar-refractivity contribution in [2.75, 3.05) is 37.4 Å². The Morgan fingerprint density at radius 1 is 1.19 bits per heavy atom. The summed E-state index contributed by atoms with van der Waals surface area (Å²) >= 11 is 5.68. The molecule has 3 rings (SSSR count). The van der Waals surface area contributed by atoms with Crippen LogP contribution >= 0.6 is 11.6 Å². The van der Waals surface area contributed by atoms with E-state index < -0.39 is 0 Å². The number of ketones is 1. The van der Waals surface area contributed by atoms with E-state index in [9.17, 15) is 14.4 Å². The third-order valence-electron chi connectivity index (χ3n) is 5.85. The molecule has 1 aromatic carbocycles. The number of Topliss-reactive ketones (excluding diaryl/α,β-unsaturated/α-hetero) is 1. The molecule has 3 N–H and O–H groups in total. The highest BCUT2D eigenvalue weighted by atomic mass is 35.5. The first-order valence-electron chi connectivity index (χ1n) is 10.8. The second-order valence-electron chi connectivity index (χ2n) is 7.78. The molecule has 1 aliphatic heterocycles. The van der Waals surface area contributed by atoms with Gasteiger partial charge in [-0.15, -0.1) is 11.6 Å². The van der Waals surface area contributed by atoms with Crippen LogP contribution < -0.4 is 10.6 Å². The van der Waals surface area contributed by atoms with Crippen molar-refractivity contribution in [3.8, 4) is 0 Å². The van der Waals surface area contributed by atoms with Crippen LogP contribution in [0, 0.1) is 13.8 Å². The van der Waals surface area contributed by atoms with Gasteiger partial charge in [-0.05, 0) is 56.8 Å². The third kappa shape index (κ3) is 4.79. The van der Waals surface area contributed by atoms with Gasteiger partial charge in [0.2, 0.25) is 0 Å². The van der Waals surface area contributed by atoms with Crippen molar-refractivity contribution < 1.29 is 14.4 Å². The Morgan fingerprint density at radius 2 is 1.91 bits per heavy atom. The zero-order valence-corrected chi connectivity index (χ0v) is 19.7. The fraction of sp³-hybridized carbons (Fsp3) is 0.375. The average molecular weight is 457 g/mol. The normalized spacial score (nSPS) is 14.1. The van der Waals surface area contributed by atoms with Crippen LogP contribution in [0.1, 0.15) is 57.1 Å². The Bertz CT molecular complexity index is 1080. The fourth-order valence-corrected chi connectivity index (χ4v) is 4.10. The molecular formula is C24H29ClN4O3. The molecule has 2 amide bonds. The smallest absolute Gasteiger partial charge is 0.256 e. The number of benzene rings is 1. The number of halogens is 1. The molecule has 0 atom stereocenters. The highest BCUT2D eigenvalue weighted by molar-refractivity contribution is 6.35. The van der Waals surface area contributed by atoms with Gasteiger partial charge in [-0.25, -0.2) is 0 Å². The molecule has 0 aliphatic carbocycles. The number of rotatable bonds is 9. The first-order valence-corrected chi connectivity index (χ1v) is 11.3. The van der Waals surface area contributed by atoms with Crippen LogP contribution in [0.3, 0.4) is 0 Å². The fourth-order valence-electron chi connectivity index (χ4n) is 3.94. The van der Waals surface area contributed by atoms with E-state index in [-0.39, 0.29) is 23.5 Å². The van der Waals surface area contributed by atoms with Gasteiger partial charge in [-0.1, -0.05) is 13.8 Å². The number of carbonyl (C=O) groups excluding carboxylic acids is 3. The number of nitrogens with one attached hydrogen (secondary N) is 3. The number of nitrogens with zero attached hydrogens (tertiary/aromatic N) is 1. The van der Waals surface area contributed by atoms with Crippen LogP contribution in [0.25, 0.3) is 11.6 Å². The summed E-state index contributed by atoms with van der Waals surface area (Å²) in [5.74, 6) is -0.726. The number of aromatic amines is 1. The quantitative estimate of drug-likeness (QED) is 0.305. The molecule has 0 fully saturated rings. The molecule has 32 heavy (non-hydrogen) atoms. The predicted octanol–water partition coefficient (Wildman–Crippen LogP) is 3.62. The van der Waals surface area contributed by atoms with Gasteiger partial charge in [0, 0.05) is 41.3 Å². The largest absolute Gasteiger partial charge is 0.358 e. The van der Waals surface area contributed by atoms with Crippen LogP contribution in [0.15, 0.2) is 18.2 Å². The molecule has 0 unspecified atom stereocenters. The lowest BCUT2D eigenvalue weighted by atomic mass is 10.0. The summed E-state index contributed by atoms with van der Waals surface area (Å²) in [6.45, 7) is 11.1. The van der Waals surface area contributed by atoms with E-state index in [2.05, 4.69) is 34.4 Å². The molecule has 2 heterocycles. The van der Waals surface area contributed by atoms with Gasteiger partial charge in [-0.2, -0.15) is 0 Å². The number of alkyl halides is 1. The van der Waals surface area contributed by atoms with Gasteiger partial charge in [-0.3, -0.25) is 14.4 Å². The van der Waals surface area contributed by atoms with Gasteiger partial charge in [0.25, 0.3) is 11.8 Å². The monoisotopic (exact) mass is 456 g/mol. The number of fused-ring (bicyclic) bond motifs is 1. The number of amides is 2. The van der Waals surface area contributed by atoms with Crippen LogP contribution in [0.4, 0.5) is 5.69 Å². The topological polar surface area (TPSA) is 94.3 Å². The minimum absolute atomic E-state index is 0.124. The number of aryl methyl sites for hydroxylation is 1. The Labute approximate surface area is 193 Å². The van der Waals surface area contributed by atoms with Crippen molar-refractivity contribution in [2.24, 2.45) is 0 Å². The molecule has 0 bridgehead atoms. The van der Waals surface area contributed by atoms with Crippen LogP contribution in [-0.4, -0.2) is 59.5 Å². The zero-order chi connectivity index (χ0) is 23.4. The molecule has 0 spiro atoms. The van der Waals surface area contributed by atoms with Gasteiger partial charge < -0.3 is 20.5 Å². The molecule has 8 heteroatoms. The van der Waals surface area contributed by atoms with Crippen molar-refractivity contribution in [1.29, 1.82) is 0 Å². The standard InChI is InChI=1S/C24H29ClN4O3/c1-5-29(6-2)10-9-26-24(32)22-14(3)20(27-15(22)4)12-18-17-11-16(21(30)13-25)7-8-19(17)28-23(18)31/h7-8,11-12,27H,5-6,9-10,13H2,1-4H3,(H,26,32)(H,28,31). The van der Waals surface area contributed by atoms with Gasteiger partial charge in [0.15, 0.2) is 5.78 Å². The summed E-state index contributed by atoms with van der Waals surface area (Å²) in [6.07, 6.45) is 1.73. The molecule has 170 valence electrons. The maximum Gasteiger partial charge on any atom is 0.256 e. The first kappa shape index (κ1) is 23.8. The van der Waals surface area contributed by atoms with E-state index in [0.717, 1.165) is 30.9 Å². The SMILES string of the molecule is CCN(CC)CCNC(=O)c1c(C)[nH]c(C=C2C(=O)Nc3ccc(C(=O)CCl)cc32)c1C. The van der Waals surface area contributed by atoms with E-state index >= 15 is 0 Å². The number of hydrogen-bond donors (Lipinski definition) is 3. The molecule has 1 aromatic heterocycles. The zero-order valence-electron chi connectivity index (χ0n) is 18.9. The second-order valence-corrected chi connectivity index (χ2v) is 8.04. The summed E-state index contributed by atoms with van der Waals surface area (Å²) in [7, 11) is 0. The second kappa shape index (κ2) is 10.1. The number of aromatic nitrogens is 1. The highest BCUT2D eigenvalue weighted by Gasteiger charge is 2.26. The minimum atomic E-state index is -0.257. The van der Waals surface area contributed by atoms with Gasteiger partial charge in [0.05, 0.1) is 17.0 Å². The number of carbonyl (C=O) groups is 3. The van der Waals surface area contributed by atoms with Gasteiger partial charge in [0.1, 0.15) is 0 Å². The number of hydrogen-bond acceptors (Lipinski definition) is 4. The molecular weight excluding hydrogens is 428 g/mol. The molecule has 0 radical (unpaired) electrons. The lowest BCUT2D eigenvalue weighted by Crippen LogP contribution is -2.35. The highest BCUT2D eigenvalue weighted by Crippen LogP contribution is 2.34. The summed E-state index contributed by atoms with van der Waals surface area (Å²) in [4.78, 5) is 42.9. The van der Waals surface area contributed by atoms with E-state index in [0.29, 0.717) is 40.2 Å². The lowest BCUT2D eigenvalue weighted by molar-refractivity contribution is -0.110. The Balaban J connectivity index is 1.87. The molecule has 7 nitrogen and oxygen atoms in total. The maximum atomic E-state index is 12.8. The maximum absolute atomic E-state index is 12.8. The summed E-state index contributed by atoms with van der Waals surface area (Å²) in [5.41, 5.74) is 4.94. The van der Waals surface area contributed by atoms with Gasteiger partial charge >= 0.3 is 0 Å². The van der Waals surface area contributed by atoms with E-state index in [1.165, 1.54) is 0 Å². The molecule has 0 saturated carbocycles. The van der Waals surface area contributed by atoms with Crippen molar-refractivity contribution in [3.63, 3.8) is 0 Å². The number of anilines is 1. The van der Waals surface area contributed by atoms with E-state index in [4.69, 9.17) is 11.6 Å². The average Bonchev–Trinajstić information content (AvgIpc) is 3.25. The third-order valence-corrected chi connectivity index (χ3v) is 6.09. The Morgan fingerprint density at radius 3 is 2.56 bits per heavy atom. The summed E-state index contributed by atoms with van der Waals surface area (Å²) < 4.78 is 0. The van der Waals surface area contributed by atoms with E-state index in [1.807, 2.05) is 13.8 Å². The van der Waals surface area contributed by atoms with Crippen molar-refractivity contribution in [1.82, 2.24) is 15.2 Å². The number of H-pyrrole nitrogens is 1. The number of likely N-dealkylation sites (N-methyl/N-ethyl adjacent to an activating group) is 1. The molecule has 0 saturated heterocycles. The van der Waals surface area contributed by atoms with Crippen LogP contribution in [0.2, 0.25) is 0 Å². The summed E-state index contributed by atoms with van der Waals surface area (Å²) in [5, 5.41) is 5.80. The Kier molecular flexibility index (Phi) is 7.53. The Hall–Kier alpha value is -2.90. The van der Waals surface area contributed by atoms with Crippen molar-refractivity contribution in [2.45, 2.75) is 27.7 Å². The predicted molar refractivity (Wildman–Crippen MR) is 128 cm³/mol. The lowest BCUT2D eigenvalue weighted by Gasteiger charge is -2.18.